The number of rotatable bonds is 8. The highest BCUT2D eigenvalue weighted by molar-refractivity contribution is 14.0. The number of thioether (sulfide) groups is 1. The lowest BCUT2D eigenvalue weighted by molar-refractivity contribution is 0.444. The molecule has 1 heterocycles. The second-order valence-electron chi connectivity index (χ2n) is 5.89. The van der Waals surface area contributed by atoms with Gasteiger partial charge < -0.3 is 10.6 Å². The number of sulfonamides is 1. The predicted octanol–water partition coefficient (Wildman–Crippen LogP) is 1.92. The number of halogens is 2. The van der Waals surface area contributed by atoms with Gasteiger partial charge in [-0.2, -0.15) is 11.8 Å². The van der Waals surface area contributed by atoms with Gasteiger partial charge in [-0.25, -0.2) is 17.1 Å². The number of aliphatic imine (C=N–C) groups is 1. The molecule has 0 aliphatic carbocycles. The standard InChI is InChI=1S/C17H27FN4O2S2.HI/c1-2-19-17(20-8-7-15-3-5-16(18)6-4-15)21-9-14-26(23,24)22-10-12-25-13-11-22;/h3-6H,2,7-14H2,1H3,(H2,19,20,21);1H. The van der Waals surface area contributed by atoms with Crippen molar-refractivity contribution in [2.24, 2.45) is 4.99 Å². The first-order chi connectivity index (χ1) is 12.5. The first-order valence-electron chi connectivity index (χ1n) is 8.83. The highest BCUT2D eigenvalue weighted by atomic mass is 127. The van der Waals surface area contributed by atoms with Crippen molar-refractivity contribution >= 4 is 51.7 Å². The summed E-state index contributed by atoms with van der Waals surface area (Å²) in [6, 6.07) is 6.40. The molecule has 154 valence electrons. The van der Waals surface area contributed by atoms with E-state index in [0.29, 0.717) is 32.1 Å². The smallest absolute Gasteiger partial charge is 0.215 e. The van der Waals surface area contributed by atoms with Gasteiger partial charge in [0.2, 0.25) is 10.0 Å². The SMILES string of the molecule is CCNC(=NCCS(=O)(=O)N1CCSCC1)NCCc1ccc(F)cc1.I. The van der Waals surface area contributed by atoms with Crippen molar-refractivity contribution in [3.63, 3.8) is 0 Å². The number of nitrogens with zero attached hydrogens (tertiary/aromatic N) is 2. The van der Waals surface area contributed by atoms with Crippen molar-refractivity contribution in [2.45, 2.75) is 13.3 Å². The van der Waals surface area contributed by atoms with Gasteiger partial charge in [-0.05, 0) is 31.0 Å². The van der Waals surface area contributed by atoms with E-state index in [4.69, 9.17) is 0 Å². The quantitative estimate of drug-likeness (QED) is 0.305. The summed E-state index contributed by atoms with van der Waals surface area (Å²) in [5.74, 6) is 2.09. The molecule has 1 aliphatic rings. The minimum atomic E-state index is -3.24. The summed E-state index contributed by atoms with van der Waals surface area (Å²) in [6.07, 6.45) is 0.731. The van der Waals surface area contributed by atoms with Crippen molar-refractivity contribution in [3.05, 3.63) is 35.6 Å². The van der Waals surface area contributed by atoms with E-state index in [0.717, 1.165) is 23.5 Å². The van der Waals surface area contributed by atoms with Crippen LogP contribution in [0.3, 0.4) is 0 Å². The lowest BCUT2D eigenvalue weighted by Gasteiger charge is -2.25. The molecule has 1 saturated heterocycles. The number of nitrogens with one attached hydrogen (secondary N) is 2. The summed E-state index contributed by atoms with van der Waals surface area (Å²) in [6.45, 7) is 4.68. The molecule has 0 unspecified atom stereocenters. The van der Waals surface area contributed by atoms with Gasteiger partial charge in [0.1, 0.15) is 5.82 Å². The summed E-state index contributed by atoms with van der Waals surface area (Å²) in [7, 11) is -3.24. The fourth-order valence-corrected chi connectivity index (χ4v) is 5.00. The minimum Gasteiger partial charge on any atom is -0.357 e. The molecular weight excluding hydrogens is 502 g/mol. The normalized spacial score (nSPS) is 15.9. The molecule has 2 N–H and O–H groups in total. The third-order valence-electron chi connectivity index (χ3n) is 3.95. The number of guanidine groups is 1. The van der Waals surface area contributed by atoms with Crippen LogP contribution in [0.4, 0.5) is 4.39 Å². The molecule has 0 radical (unpaired) electrons. The Bertz CT molecular complexity index is 681. The molecule has 2 rings (SSSR count). The Morgan fingerprint density at radius 3 is 2.52 bits per heavy atom. The fraction of sp³-hybridized carbons (Fsp3) is 0.588. The van der Waals surface area contributed by atoms with Crippen LogP contribution in [0.1, 0.15) is 12.5 Å². The van der Waals surface area contributed by atoms with Crippen LogP contribution in [-0.4, -0.2) is 68.7 Å². The Hall–Kier alpha value is -0.590. The summed E-state index contributed by atoms with van der Waals surface area (Å²) in [5, 5.41) is 6.29. The van der Waals surface area contributed by atoms with E-state index in [-0.39, 0.29) is 42.1 Å². The van der Waals surface area contributed by atoms with Gasteiger partial charge in [0.15, 0.2) is 5.96 Å². The van der Waals surface area contributed by atoms with E-state index in [1.165, 1.54) is 12.1 Å². The topological polar surface area (TPSA) is 73.8 Å². The molecule has 1 fully saturated rings. The second kappa shape index (κ2) is 12.8. The molecule has 0 amide bonds. The summed E-state index contributed by atoms with van der Waals surface area (Å²) >= 11 is 1.78. The van der Waals surface area contributed by atoms with Crippen LogP contribution in [0.25, 0.3) is 0 Å². The third kappa shape index (κ3) is 8.97. The van der Waals surface area contributed by atoms with Gasteiger partial charge in [0, 0.05) is 37.7 Å². The Labute approximate surface area is 182 Å². The van der Waals surface area contributed by atoms with Crippen molar-refractivity contribution in [1.82, 2.24) is 14.9 Å². The van der Waals surface area contributed by atoms with Crippen LogP contribution in [0.15, 0.2) is 29.3 Å². The zero-order chi connectivity index (χ0) is 18.8. The zero-order valence-electron chi connectivity index (χ0n) is 15.5. The van der Waals surface area contributed by atoms with Crippen LogP contribution in [0.5, 0.6) is 0 Å². The zero-order valence-corrected chi connectivity index (χ0v) is 19.5. The first kappa shape index (κ1) is 24.4. The van der Waals surface area contributed by atoms with Gasteiger partial charge >= 0.3 is 0 Å². The molecule has 1 aliphatic heterocycles. The maximum Gasteiger partial charge on any atom is 0.215 e. The van der Waals surface area contributed by atoms with Crippen molar-refractivity contribution in [3.8, 4) is 0 Å². The van der Waals surface area contributed by atoms with Gasteiger partial charge in [-0.3, -0.25) is 4.99 Å². The molecule has 1 aromatic carbocycles. The highest BCUT2D eigenvalue weighted by Gasteiger charge is 2.23. The Balaban J connectivity index is 0.00000364. The molecule has 0 spiro atoms. The van der Waals surface area contributed by atoms with Gasteiger partial charge in [-0.15, -0.1) is 24.0 Å². The van der Waals surface area contributed by atoms with E-state index in [1.807, 2.05) is 6.92 Å². The lowest BCUT2D eigenvalue weighted by Crippen LogP contribution is -2.41. The summed E-state index contributed by atoms with van der Waals surface area (Å²) in [5.41, 5.74) is 1.03. The number of hydrogen-bond donors (Lipinski definition) is 2. The van der Waals surface area contributed by atoms with Crippen LogP contribution >= 0.6 is 35.7 Å². The largest absolute Gasteiger partial charge is 0.357 e. The molecule has 0 saturated carbocycles. The molecule has 27 heavy (non-hydrogen) atoms. The van der Waals surface area contributed by atoms with Gasteiger partial charge in [0.25, 0.3) is 0 Å². The Morgan fingerprint density at radius 1 is 1.22 bits per heavy atom. The molecule has 0 atom stereocenters. The van der Waals surface area contributed by atoms with Crippen LogP contribution in [-0.2, 0) is 16.4 Å². The Morgan fingerprint density at radius 2 is 1.89 bits per heavy atom. The molecule has 1 aromatic rings. The molecular formula is C17H28FIN4O2S2. The third-order valence-corrected chi connectivity index (χ3v) is 6.74. The van der Waals surface area contributed by atoms with E-state index in [1.54, 1.807) is 28.2 Å². The maximum atomic E-state index is 12.9. The van der Waals surface area contributed by atoms with E-state index in [9.17, 15) is 12.8 Å². The number of benzene rings is 1. The van der Waals surface area contributed by atoms with E-state index in [2.05, 4.69) is 15.6 Å². The summed E-state index contributed by atoms with van der Waals surface area (Å²) in [4.78, 5) is 4.36. The molecule has 6 nitrogen and oxygen atoms in total. The van der Waals surface area contributed by atoms with Crippen LogP contribution in [0.2, 0.25) is 0 Å². The van der Waals surface area contributed by atoms with Gasteiger partial charge in [-0.1, -0.05) is 12.1 Å². The maximum absolute atomic E-state index is 12.9. The van der Waals surface area contributed by atoms with Crippen molar-refractivity contribution in [2.75, 3.05) is 50.0 Å². The minimum absolute atomic E-state index is 0. The lowest BCUT2D eigenvalue weighted by atomic mass is 10.1. The predicted molar refractivity (Wildman–Crippen MR) is 122 cm³/mol. The average molecular weight is 530 g/mol. The van der Waals surface area contributed by atoms with E-state index >= 15 is 0 Å². The highest BCUT2D eigenvalue weighted by Crippen LogP contribution is 2.13. The second-order valence-corrected chi connectivity index (χ2v) is 9.20. The molecule has 0 bridgehead atoms. The molecule has 10 heteroatoms. The van der Waals surface area contributed by atoms with Gasteiger partial charge in [0.05, 0.1) is 12.3 Å². The molecule has 0 aromatic heterocycles. The van der Waals surface area contributed by atoms with Crippen molar-refractivity contribution < 1.29 is 12.8 Å². The monoisotopic (exact) mass is 530 g/mol. The summed E-state index contributed by atoms with van der Waals surface area (Å²) < 4.78 is 39.1. The van der Waals surface area contributed by atoms with Crippen LogP contribution in [0, 0.1) is 5.82 Å². The number of hydrogen-bond acceptors (Lipinski definition) is 4. The average Bonchev–Trinajstić information content (AvgIpc) is 2.64. The van der Waals surface area contributed by atoms with Crippen LogP contribution < -0.4 is 10.6 Å². The van der Waals surface area contributed by atoms with Crippen molar-refractivity contribution in [1.29, 1.82) is 0 Å². The first-order valence-corrected chi connectivity index (χ1v) is 11.6. The fourth-order valence-electron chi connectivity index (χ4n) is 2.54. The Kier molecular flexibility index (Phi) is 11.6. The van der Waals surface area contributed by atoms with E-state index < -0.39 is 10.0 Å².